The molecule has 5 heteroatoms. The Morgan fingerprint density at radius 3 is 2.08 bits per heavy atom. The van der Waals surface area contributed by atoms with Crippen LogP contribution in [0.5, 0.6) is 0 Å². The minimum absolute atomic E-state index is 0.151. The Balaban J connectivity index is 2.33. The van der Waals surface area contributed by atoms with Crippen LogP contribution >= 0.6 is 0 Å². The van der Waals surface area contributed by atoms with Gasteiger partial charge in [0.05, 0.1) is 17.8 Å². The molecule has 3 nitrogen and oxygen atoms in total. The second-order valence-electron chi connectivity index (χ2n) is 14.7. The molecule has 2 saturated carbocycles. The van der Waals surface area contributed by atoms with Gasteiger partial charge in [-0.3, -0.25) is 0 Å². The number of fused-ring (bicyclic) bond motifs is 1. The van der Waals surface area contributed by atoms with Crippen LogP contribution in [0.4, 0.5) is 0 Å². The van der Waals surface area contributed by atoms with Crippen molar-refractivity contribution in [2.45, 2.75) is 141 Å². The summed E-state index contributed by atoms with van der Waals surface area (Å²) in [4.78, 5) is 0. The van der Waals surface area contributed by atoms with Gasteiger partial charge in [0.25, 0.3) is 0 Å². The summed E-state index contributed by atoms with van der Waals surface area (Å²) in [6.07, 6.45) is 12.6. The first-order chi connectivity index (χ1) is 16.3. The number of rotatable bonds is 11. The first kappa shape index (κ1) is 31.7. The zero-order chi connectivity index (χ0) is 27.7. The molecule has 0 aliphatic heterocycles. The SMILES string of the molecule is C=CC(CC=C[C@H]1[C@H]2CC(=C)C(O)[C@H]2C[C@H]1O[Si](C)(C)C(C)(C)C)(CCCC)O[Si](C)(C)C(C)(C)C. The van der Waals surface area contributed by atoms with Crippen molar-refractivity contribution in [1.29, 1.82) is 0 Å². The van der Waals surface area contributed by atoms with Gasteiger partial charge in [-0.15, -0.1) is 6.58 Å². The van der Waals surface area contributed by atoms with Gasteiger partial charge in [0.1, 0.15) is 0 Å². The molecule has 0 aromatic rings. The quantitative estimate of drug-likeness (QED) is 0.212. The van der Waals surface area contributed by atoms with Gasteiger partial charge in [-0.25, -0.2) is 0 Å². The molecule has 0 aromatic carbocycles. The predicted octanol–water partition coefficient (Wildman–Crippen LogP) is 9.03. The summed E-state index contributed by atoms with van der Waals surface area (Å²) in [5, 5.41) is 11.2. The van der Waals surface area contributed by atoms with E-state index in [2.05, 4.69) is 106 Å². The van der Waals surface area contributed by atoms with Crippen molar-refractivity contribution in [3.8, 4) is 0 Å². The zero-order valence-corrected chi connectivity index (χ0v) is 27.5. The number of unbranched alkanes of at least 4 members (excludes halogenated alkanes) is 1. The van der Waals surface area contributed by atoms with E-state index in [4.69, 9.17) is 8.85 Å². The molecule has 0 bridgehead atoms. The van der Waals surface area contributed by atoms with E-state index in [-0.39, 0.29) is 27.7 Å². The Labute approximate surface area is 226 Å². The van der Waals surface area contributed by atoms with E-state index in [1.54, 1.807) is 0 Å². The lowest BCUT2D eigenvalue weighted by Gasteiger charge is -2.44. The molecule has 0 saturated heterocycles. The molecule has 2 rings (SSSR count). The van der Waals surface area contributed by atoms with Crippen LogP contribution in [-0.2, 0) is 8.85 Å². The van der Waals surface area contributed by atoms with Gasteiger partial charge in [0.15, 0.2) is 16.6 Å². The van der Waals surface area contributed by atoms with E-state index in [1.807, 2.05) is 0 Å². The first-order valence-electron chi connectivity index (χ1n) is 14.3. The topological polar surface area (TPSA) is 38.7 Å². The summed E-state index contributed by atoms with van der Waals surface area (Å²) >= 11 is 0. The van der Waals surface area contributed by atoms with Crippen LogP contribution in [0.1, 0.15) is 87.0 Å². The minimum atomic E-state index is -1.97. The summed E-state index contributed by atoms with van der Waals surface area (Å²) in [6.45, 7) is 33.9. The molecule has 0 radical (unpaired) electrons. The molecule has 36 heavy (non-hydrogen) atoms. The van der Waals surface area contributed by atoms with Gasteiger partial charge >= 0.3 is 0 Å². The number of hydrogen-bond acceptors (Lipinski definition) is 3. The third-order valence-corrected chi connectivity index (χ3v) is 19.0. The Kier molecular flexibility index (Phi) is 10.00. The highest BCUT2D eigenvalue weighted by molar-refractivity contribution is 6.74. The maximum atomic E-state index is 10.9. The average molecular weight is 535 g/mol. The molecule has 0 heterocycles. The first-order valence-corrected chi connectivity index (χ1v) is 20.2. The average Bonchev–Trinajstić information content (AvgIpc) is 3.19. The van der Waals surface area contributed by atoms with Crippen molar-refractivity contribution in [2.75, 3.05) is 0 Å². The highest BCUT2D eigenvalue weighted by atomic mass is 28.4. The van der Waals surface area contributed by atoms with Crippen LogP contribution < -0.4 is 0 Å². The van der Waals surface area contributed by atoms with Crippen LogP contribution in [0.3, 0.4) is 0 Å². The smallest absolute Gasteiger partial charge is 0.193 e. The highest BCUT2D eigenvalue weighted by Crippen LogP contribution is 2.53. The zero-order valence-electron chi connectivity index (χ0n) is 25.5. The Morgan fingerprint density at radius 2 is 1.58 bits per heavy atom. The predicted molar refractivity (Wildman–Crippen MR) is 161 cm³/mol. The standard InChI is InChI=1S/C31H58O3Si2/c1-14-16-19-31(15-2,34-36(12,13)30(7,8)9)20-17-18-24-25-21-23(3)28(32)26(25)22-27(24)33-35(10,11)29(4,5)6/h15,17-18,24-28,32H,2-3,14,16,19-22H2,1,4-13H3/t24-,25+,26-,27+,28?,31?/m0/s1. The van der Waals surface area contributed by atoms with Crippen molar-refractivity contribution in [3.05, 3.63) is 37.0 Å². The molecular weight excluding hydrogens is 477 g/mol. The van der Waals surface area contributed by atoms with Gasteiger partial charge in [-0.1, -0.05) is 86.1 Å². The van der Waals surface area contributed by atoms with E-state index in [0.717, 1.165) is 44.1 Å². The molecule has 0 aromatic heterocycles. The molecule has 6 atom stereocenters. The normalized spacial score (nSPS) is 29.6. The van der Waals surface area contributed by atoms with Gasteiger partial charge in [0, 0.05) is 5.92 Å². The van der Waals surface area contributed by atoms with Crippen LogP contribution in [0.15, 0.2) is 37.0 Å². The lowest BCUT2D eigenvalue weighted by Crippen LogP contribution is -2.49. The second-order valence-corrected chi connectivity index (χ2v) is 24.2. The third kappa shape index (κ3) is 6.94. The summed E-state index contributed by atoms with van der Waals surface area (Å²) < 4.78 is 14.1. The summed E-state index contributed by atoms with van der Waals surface area (Å²) in [6, 6.07) is 0. The van der Waals surface area contributed by atoms with Crippen LogP contribution in [0.25, 0.3) is 0 Å². The third-order valence-electron chi connectivity index (χ3n) is 9.96. The Morgan fingerprint density at radius 1 is 1.00 bits per heavy atom. The molecular formula is C31H58O3Si2. The van der Waals surface area contributed by atoms with Crippen LogP contribution in [0.2, 0.25) is 36.3 Å². The molecule has 0 amide bonds. The maximum Gasteiger partial charge on any atom is 0.193 e. The molecule has 2 aliphatic rings. The summed E-state index contributed by atoms with van der Waals surface area (Å²) in [5.41, 5.74) is 0.668. The Bertz CT molecular complexity index is 802. The van der Waals surface area contributed by atoms with Gasteiger partial charge in [-0.05, 0) is 79.4 Å². The van der Waals surface area contributed by atoms with Crippen molar-refractivity contribution < 1.29 is 14.0 Å². The molecule has 208 valence electrons. The fourth-order valence-electron chi connectivity index (χ4n) is 5.47. The van der Waals surface area contributed by atoms with E-state index in [9.17, 15) is 5.11 Å². The fraction of sp³-hybridized carbons (Fsp3) is 0.806. The van der Waals surface area contributed by atoms with E-state index < -0.39 is 22.7 Å². The van der Waals surface area contributed by atoms with Crippen LogP contribution in [-0.4, -0.2) is 39.6 Å². The second kappa shape index (κ2) is 11.3. The van der Waals surface area contributed by atoms with Gasteiger partial charge < -0.3 is 14.0 Å². The monoisotopic (exact) mass is 534 g/mol. The molecule has 2 aliphatic carbocycles. The lowest BCUT2D eigenvalue weighted by molar-refractivity contribution is 0.0925. The largest absolute Gasteiger partial charge is 0.413 e. The number of aliphatic hydroxyl groups excluding tert-OH is 1. The molecule has 1 N–H and O–H groups in total. The highest BCUT2D eigenvalue weighted by Gasteiger charge is 2.52. The molecule has 2 fully saturated rings. The minimum Gasteiger partial charge on any atom is -0.413 e. The van der Waals surface area contributed by atoms with E-state index in [0.29, 0.717) is 11.8 Å². The lowest BCUT2D eigenvalue weighted by atomic mass is 9.88. The van der Waals surface area contributed by atoms with Crippen molar-refractivity contribution in [3.63, 3.8) is 0 Å². The van der Waals surface area contributed by atoms with Crippen molar-refractivity contribution in [2.24, 2.45) is 17.8 Å². The molecule has 0 spiro atoms. The Hall–Kier alpha value is -0.466. The van der Waals surface area contributed by atoms with Crippen molar-refractivity contribution >= 4 is 16.6 Å². The summed E-state index contributed by atoms with van der Waals surface area (Å²) in [7, 11) is -3.89. The maximum absolute atomic E-state index is 10.9. The number of hydrogen-bond donors (Lipinski definition) is 1. The van der Waals surface area contributed by atoms with Crippen LogP contribution in [0, 0.1) is 17.8 Å². The van der Waals surface area contributed by atoms with Gasteiger partial charge in [-0.2, -0.15) is 0 Å². The molecule has 2 unspecified atom stereocenters. The number of aliphatic hydroxyl groups is 1. The fourth-order valence-corrected chi connectivity index (χ4v) is 8.43. The van der Waals surface area contributed by atoms with Crippen molar-refractivity contribution in [1.82, 2.24) is 0 Å². The van der Waals surface area contributed by atoms with E-state index in [1.165, 1.54) is 0 Å². The van der Waals surface area contributed by atoms with Gasteiger partial charge in [0.2, 0.25) is 0 Å². The summed E-state index contributed by atoms with van der Waals surface area (Å²) in [5.74, 6) is 0.975. The van der Waals surface area contributed by atoms with E-state index >= 15 is 0 Å².